The summed E-state index contributed by atoms with van der Waals surface area (Å²) in [5, 5.41) is 3.34. The maximum atomic E-state index is 11.9. The molecule has 19 heavy (non-hydrogen) atoms. The second-order valence-corrected chi connectivity index (χ2v) is 7.51. The molecule has 0 aliphatic heterocycles. The maximum absolute atomic E-state index is 11.9. The largest absolute Gasteiger partial charge is 0.380 e. The lowest BCUT2D eigenvalue weighted by Gasteiger charge is -2.27. The summed E-state index contributed by atoms with van der Waals surface area (Å²) in [6, 6.07) is 6.76. The van der Waals surface area contributed by atoms with Crippen LogP contribution >= 0.6 is 0 Å². The van der Waals surface area contributed by atoms with Crippen LogP contribution in [0.2, 0.25) is 0 Å². The standard InChI is InChI=1S/C13H23N3O2S/c1-13(2,9-10-14)15-11-5-7-12(8-6-11)19(17,18)16(3)4/h5-8,15H,9-10,14H2,1-4H3. The van der Waals surface area contributed by atoms with E-state index in [4.69, 9.17) is 5.73 Å². The van der Waals surface area contributed by atoms with Gasteiger partial charge in [-0.1, -0.05) is 0 Å². The Balaban J connectivity index is 2.89. The van der Waals surface area contributed by atoms with Gasteiger partial charge in [0.05, 0.1) is 4.90 Å². The second-order valence-electron chi connectivity index (χ2n) is 5.36. The Morgan fingerprint density at radius 3 is 2.16 bits per heavy atom. The monoisotopic (exact) mass is 285 g/mol. The summed E-state index contributed by atoms with van der Waals surface area (Å²) in [7, 11) is -0.323. The molecule has 0 aliphatic carbocycles. The van der Waals surface area contributed by atoms with Crippen molar-refractivity contribution >= 4 is 15.7 Å². The molecule has 0 bridgehead atoms. The third kappa shape index (κ3) is 4.19. The zero-order valence-corrected chi connectivity index (χ0v) is 12.8. The molecule has 0 radical (unpaired) electrons. The van der Waals surface area contributed by atoms with Gasteiger partial charge in [-0.25, -0.2) is 12.7 Å². The first kappa shape index (κ1) is 15.9. The first-order valence-corrected chi connectivity index (χ1v) is 7.64. The normalized spacial score (nSPS) is 12.7. The molecular formula is C13H23N3O2S. The number of nitrogens with zero attached hydrogens (tertiary/aromatic N) is 1. The van der Waals surface area contributed by atoms with Gasteiger partial charge < -0.3 is 11.1 Å². The van der Waals surface area contributed by atoms with Crippen LogP contribution in [0.25, 0.3) is 0 Å². The molecule has 3 N–H and O–H groups in total. The molecule has 1 aromatic rings. The maximum Gasteiger partial charge on any atom is 0.242 e. The summed E-state index contributed by atoms with van der Waals surface area (Å²) in [5.41, 5.74) is 6.33. The van der Waals surface area contributed by atoms with Gasteiger partial charge in [-0.2, -0.15) is 0 Å². The summed E-state index contributed by atoms with van der Waals surface area (Å²) < 4.78 is 25.0. The molecule has 0 saturated carbocycles. The molecule has 0 heterocycles. The number of anilines is 1. The Labute approximate surface area is 115 Å². The SMILES string of the molecule is CN(C)S(=O)(=O)c1ccc(NC(C)(C)CCN)cc1. The Hall–Kier alpha value is -1.11. The molecule has 0 saturated heterocycles. The Bertz CT molecular complexity index is 507. The zero-order chi connectivity index (χ0) is 14.7. The van der Waals surface area contributed by atoms with Crippen LogP contribution in [0.15, 0.2) is 29.2 Å². The van der Waals surface area contributed by atoms with Gasteiger partial charge in [0.1, 0.15) is 0 Å². The molecule has 0 unspecified atom stereocenters. The molecule has 0 atom stereocenters. The summed E-state index contributed by atoms with van der Waals surface area (Å²) in [6.45, 7) is 4.72. The predicted molar refractivity (Wildman–Crippen MR) is 78.7 cm³/mol. The number of benzene rings is 1. The van der Waals surface area contributed by atoms with Crippen molar-refractivity contribution in [2.24, 2.45) is 5.73 Å². The molecule has 0 spiro atoms. The highest BCUT2D eigenvalue weighted by Crippen LogP contribution is 2.20. The van der Waals surface area contributed by atoms with E-state index in [-0.39, 0.29) is 5.54 Å². The van der Waals surface area contributed by atoms with Gasteiger partial charge in [0.2, 0.25) is 10.0 Å². The van der Waals surface area contributed by atoms with E-state index in [1.54, 1.807) is 24.3 Å². The lowest BCUT2D eigenvalue weighted by atomic mass is 10.0. The van der Waals surface area contributed by atoms with Gasteiger partial charge in [-0.15, -0.1) is 0 Å². The van der Waals surface area contributed by atoms with E-state index in [1.165, 1.54) is 18.4 Å². The van der Waals surface area contributed by atoms with E-state index in [2.05, 4.69) is 19.2 Å². The highest BCUT2D eigenvalue weighted by molar-refractivity contribution is 7.89. The fraction of sp³-hybridized carbons (Fsp3) is 0.538. The van der Waals surface area contributed by atoms with E-state index in [0.717, 1.165) is 12.1 Å². The van der Waals surface area contributed by atoms with Crippen LogP contribution in [0.4, 0.5) is 5.69 Å². The van der Waals surface area contributed by atoms with Crippen molar-refractivity contribution in [2.75, 3.05) is 26.0 Å². The molecular weight excluding hydrogens is 262 g/mol. The van der Waals surface area contributed by atoms with Gasteiger partial charge in [-0.3, -0.25) is 0 Å². The Kier molecular flexibility index (Phi) is 4.95. The Morgan fingerprint density at radius 2 is 1.74 bits per heavy atom. The smallest absolute Gasteiger partial charge is 0.242 e. The van der Waals surface area contributed by atoms with Crippen LogP contribution in [-0.2, 0) is 10.0 Å². The summed E-state index contributed by atoms with van der Waals surface area (Å²) in [5.74, 6) is 0. The van der Waals surface area contributed by atoms with Crippen LogP contribution in [0.1, 0.15) is 20.3 Å². The topological polar surface area (TPSA) is 75.4 Å². The van der Waals surface area contributed by atoms with E-state index < -0.39 is 10.0 Å². The zero-order valence-electron chi connectivity index (χ0n) is 12.0. The van der Waals surface area contributed by atoms with E-state index in [9.17, 15) is 8.42 Å². The van der Waals surface area contributed by atoms with Crippen LogP contribution in [0, 0.1) is 0 Å². The number of hydrogen-bond acceptors (Lipinski definition) is 4. The fourth-order valence-corrected chi connectivity index (χ4v) is 2.64. The van der Waals surface area contributed by atoms with Gasteiger partial charge in [-0.05, 0) is 51.1 Å². The minimum atomic E-state index is -3.36. The molecule has 0 aromatic heterocycles. The van der Waals surface area contributed by atoms with Crippen molar-refractivity contribution in [3.63, 3.8) is 0 Å². The third-order valence-corrected chi connectivity index (χ3v) is 4.71. The first-order chi connectivity index (χ1) is 8.69. The lowest BCUT2D eigenvalue weighted by Crippen LogP contribution is -2.33. The summed E-state index contributed by atoms with van der Waals surface area (Å²) in [6.07, 6.45) is 0.838. The van der Waals surface area contributed by atoms with Gasteiger partial charge in [0.15, 0.2) is 0 Å². The number of hydrogen-bond donors (Lipinski definition) is 2. The number of sulfonamides is 1. The molecule has 108 valence electrons. The lowest BCUT2D eigenvalue weighted by molar-refractivity contribution is 0.520. The average molecular weight is 285 g/mol. The highest BCUT2D eigenvalue weighted by Gasteiger charge is 2.18. The molecule has 5 nitrogen and oxygen atoms in total. The first-order valence-electron chi connectivity index (χ1n) is 6.20. The highest BCUT2D eigenvalue weighted by atomic mass is 32.2. The minimum Gasteiger partial charge on any atom is -0.380 e. The van der Waals surface area contributed by atoms with Crippen molar-refractivity contribution in [3.05, 3.63) is 24.3 Å². The third-order valence-electron chi connectivity index (χ3n) is 2.88. The molecule has 0 aliphatic rings. The molecule has 0 amide bonds. The quantitative estimate of drug-likeness (QED) is 0.830. The van der Waals surface area contributed by atoms with Crippen molar-refractivity contribution in [2.45, 2.75) is 30.7 Å². The van der Waals surface area contributed by atoms with Gasteiger partial charge in [0.25, 0.3) is 0 Å². The van der Waals surface area contributed by atoms with Crippen LogP contribution < -0.4 is 11.1 Å². The Morgan fingerprint density at radius 1 is 1.21 bits per heavy atom. The van der Waals surface area contributed by atoms with Crippen molar-refractivity contribution < 1.29 is 8.42 Å². The summed E-state index contributed by atoms with van der Waals surface area (Å²) in [4.78, 5) is 0.291. The second kappa shape index (κ2) is 5.90. The number of nitrogens with one attached hydrogen (secondary N) is 1. The van der Waals surface area contributed by atoms with Gasteiger partial charge >= 0.3 is 0 Å². The molecule has 1 rings (SSSR count). The molecule has 6 heteroatoms. The van der Waals surface area contributed by atoms with Crippen molar-refractivity contribution in [1.82, 2.24) is 4.31 Å². The van der Waals surface area contributed by atoms with E-state index in [1.807, 2.05) is 0 Å². The van der Waals surface area contributed by atoms with Crippen LogP contribution in [0.3, 0.4) is 0 Å². The number of nitrogens with two attached hydrogens (primary N) is 1. The van der Waals surface area contributed by atoms with E-state index in [0.29, 0.717) is 11.4 Å². The molecule has 0 fully saturated rings. The molecule has 1 aromatic carbocycles. The average Bonchev–Trinajstić information content (AvgIpc) is 2.28. The summed E-state index contributed by atoms with van der Waals surface area (Å²) >= 11 is 0. The fourth-order valence-electron chi connectivity index (χ4n) is 1.74. The number of rotatable bonds is 6. The van der Waals surface area contributed by atoms with Crippen LogP contribution in [0.5, 0.6) is 0 Å². The minimum absolute atomic E-state index is 0.114. The van der Waals surface area contributed by atoms with Gasteiger partial charge in [0, 0.05) is 25.3 Å². The van der Waals surface area contributed by atoms with Crippen molar-refractivity contribution in [1.29, 1.82) is 0 Å². The van der Waals surface area contributed by atoms with E-state index >= 15 is 0 Å². The van der Waals surface area contributed by atoms with Crippen molar-refractivity contribution in [3.8, 4) is 0 Å². The predicted octanol–water partition coefficient (Wildman–Crippen LogP) is 1.48. The van der Waals surface area contributed by atoms with Crippen LogP contribution in [-0.4, -0.2) is 38.9 Å².